The summed E-state index contributed by atoms with van der Waals surface area (Å²) in [7, 11) is 0. The molecule has 1 aliphatic carbocycles. The summed E-state index contributed by atoms with van der Waals surface area (Å²) in [4.78, 5) is 38.2. The molecular formula is C35H41N7O3. The summed E-state index contributed by atoms with van der Waals surface area (Å²) in [5.74, 6) is 1.57. The van der Waals surface area contributed by atoms with Crippen molar-refractivity contribution in [3.63, 3.8) is 0 Å². The second kappa shape index (κ2) is 14.7. The first-order valence-electron chi connectivity index (χ1n) is 16.0. The van der Waals surface area contributed by atoms with Gasteiger partial charge in [0.2, 0.25) is 5.91 Å². The second-order valence-corrected chi connectivity index (χ2v) is 12.2. The summed E-state index contributed by atoms with van der Waals surface area (Å²) >= 11 is 0. The normalized spacial score (nSPS) is 20.5. The lowest BCUT2D eigenvalue weighted by atomic mass is 9.77. The molecule has 0 bridgehead atoms. The fraction of sp³-hybridized carbons (Fsp3) is 0.429. The first-order chi connectivity index (χ1) is 22.1. The zero-order valence-electron chi connectivity index (χ0n) is 25.6. The summed E-state index contributed by atoms with van der Waals surface area (Å²) in [6, 6.07) is 19.8. The minimum Gasteiger partial charge on any atom is -0.378 e. The van der Waals surface area contributed by atoms with Crippen LogP contribution in [-0.4, -0.2) is 62.0 Å². The van der Waals surface area contributed by atoms with E-state index in [9.17, 15) is 9.59 Å². The fourth-order valence-electron chi connectivity index (χ4n) is 6.39. The molecule has 0 spiro atoms. The highest BCUT2D eigenvalue weighted by atomic mass is 16.5. The van der Waals surface area contributed by atoms with E-state index in [4.69, 9.17) is 10.5 Å². The number of hydrogen-bond donors (Lipinski definition) is 2. The van der Waals surface area contributed by atoms with Gasteiger partial charge in [-0.1, -0.05) is 24.3 Å². The predicted octanol–water partition coefficient (Wildman–Crippen LogP) is 5.28. The first kappa shape index (κ1) is 30.7. The Balaban J connectivity index is 1.15. The third kappa shape index (κ3) is 7.87. The van der Waals surface area contributed by atoms with E-state index in [1.807, 2.05) is 36.5 Å². The van der Waals surface area contributed by atoms with Crippen LogP contribution in [0, 0.1) is 17.8 Å². The van der Waals surface area contributed by atoms with Crippen molar-refractivity contribution < 1.29 is 14.3 Å². The van der Waals surface area contributed by atoms with Gasteiger partial charge in [-0.25, -0.2) is 9.98 Å². The monoisotopic (exact) mass is 607 g/mol. The molecule has 234 valence electrons. The quantitative estimate of drug-likeness (QED) is 0.305. The van der Waals surface area contributed by atoms with Crippen molar-refractivity contribution in [2.24, 2.45) is 38.7 Å². The van der Waals surface area contributed by atoms with Gasteiger partial charge in [-0.3, -0.25) is 9.59 Å². The van der Waals surface area contributed by atoms with E-state index in [1.54, 1.807) is 0 Å². The molecule has 2 aliphatic heterocycles. The Kier molecular flexibility index (Phi) is 10.0. The number of nitrogens with one attached hydrogen (secondary N) is 1. The molecule has 1 aromatic heterocycles. The second-order valence-electron chi connectivity index (χ2n) is 12.2. The van der Waals surface area contributed by atoms with Crippen LogP contribution in [0.1, 0.15) is 43.2 Å². The van der Waals surface area contributed by atoms with Crippen molar-refractivity contribution in [3.8, 4) is 11.1 Å². The van der Waals surface area contributed by atoms with Gasteiger partial charge in [0.05, 0.1) is 13.2 Å². The summed E-state index contributed by atoms with van der Waals surface area (Å²) in [6.07, 6.45) is 6.19. The van der Waals surface area contributed by atoms with E-state index in [0.29, 0.717) is 50.3 Å². The van der Waals surface area contributed by atoms with Gasteiger partial charge in [-0.2, -0.15) is 5.11 Å². The Morgan fingerprint density at radius 2 is 1.67 bits per heavy atom. The molecule has 6 rings (SSSR count). The van der Waals surface area contributed by atoms with Crippen molar-refractivity contribution in [1.82, 2.24) is 4.98 Å². The number of nitrogens with two attached hydrogens (primary N) is 1. The molecule has 3 aliphatic rings. The molecule has 0 radical (unpaired) electrons. The number of amidine groups is 1. The highest BCUT2D eigenvalue weighted by Crippen LogP contribution is 2.31. The molecule has 0 unspecified atom stereocenters. The lowest BCUT2D eigenvalue weighted by molar-refractivity contribution is -0.129. The number of carbonyl (C=O) groups excluding carboxylic acids is 2. The summed E-state index contributed by atoms with van der Waals surface area (Å²) in [5.41, 5.74) is 10.6. The van der Waals surface area contributed by atoms with Crippen molar-refractivity contribution >= 4 is 29.0 Å². The summed E-state index contributed by atoms with van der Waals surface area (Å²) in [5, 5.41) is 11.0. The van der Waals surface area contributed by atoms with Crippen LogP contribution < -0.4 is 16.0 Å². The number of nitrogens with zero attached hydrogens (tertiary/aromatic N) is 5. The van der Waals surface area contributed by atoms with E-state index < -0.39 is 5.92 Å². The van der Waals surface area contributed by atoms with Gasteiger partial charge in [0.25, 0.3) is 0 Å². The molecule has 10 heteroatoms. The Labute approximate surface area is 264 Å². The number of benzene rings is 2. The van der Waals surface area contributed by atoms with Crippen molar-refractivity contribution in [2.45, 2.75) is 38.5 Å². The number of Topliss-reactive ketones (excluding diaryl/α,β-unsaturated/α-hetero) is 1. The van der Waals surface area contributed by atoms with E-state index in [2.05, 4.69) is 60.8 Å². The molecule has 2 aromatic carbocycles. The number of azo groups is 1. The van der Waals surface area contributed by atoms with Crippen LogP contribution in [-0.2, 0) is 20.7 Å². The van der Waals surface area contributed by atoms with Gasteiger partial charge < -0.3 is 20.7 Å². The molecule has 1 atom stereocenters. The molecular weight excluding hydrogens is 566 g/mol. The Morgan fingerprint density at radius 3 is 2.36 bits per heavy atom. The zero-order valence-corrected chi connectivity index (χ0v) is 25.6. The molecule has 1 amide bonds. The van der Waals surface area contributed by atoms with Crippen molar-refractivity contribution in [1.29, 1.82) is 0 Å². The minimum absolute atomic E-state index is 0.00142. The molecule has 45 heavy (non-hydrogen) atoms. The van der Waals surface area contributed by atoms with Crippen molar-refractivity contribution in [3.05, 3.63) is 78.0 Å². The molecule has 3 N–H and O–H groups in total. The maximum Gasteiger partial charge on any atom is 0.228 e. The average molecular weight is 608 g/mol. The molecule has 1 saturated carbocycles. The first-order valence-corrected chi connectivity index (χ1v) is 16.0. The molecule has 2 fully saturated rings. The van der Waals surface area contributed by atoms with Crippen LogP contribution in [0.15, 0.2) is 82.1 Å². The maximum absolute atomic E-state index is 13.7. The van der Waals surface area contributed by atoms with Gasteiger partial charge >= 0.3 is 0 Å². The number of anilines is 2. The molecule has 10 nitrogen and oxygen atoms in total. The van der Waals surface area contributed by atoms with Crippen LogP contribution in [0.5, 0.6) is 0 Å². The minimum atomic E-state index is -0.489. The van der Waals surface area contributed by atoms with Crippen LogP contribution in [0.3, 0.4) is 0 Å². The lowest BCUT2D eigenvalue weighted by Crippen LogP contribution is -2.36. The van der Waals surface area contributed by atoms with Crippen molar-refractivity contribution in [2.75, 3.05) is 49.7 Å². The largest absolute Gasteiger partial charge is 0.378 e. The standard InChI is InChI=1S/C35H41N7O3/c36-22-25-3-7-27(8-4-25)32(43)20-30(35(44)40-31-11-9-28(10-12-31)34-38-23-39-41-34)19-24-1-5-26(6-2-24)29-13-14-37-33(21-29)42-15-17-45-18-16-42/h1-2,5-6,9-14,21,25,27,30H,3-4,7-8,15-20,22-23,36H2,(H,40,44)/t25?,27?,30-/m1/s1. The third-order valence-electron chi connectivity index (χ3n) is 9.16. The zero-order chi connectivity index (χ0) is 31.0. The van der Waals surface area contributed by atoms with Gasteiger partial charge in [-0.05, 0) is 97.7 Å². The highest BCUT2D eigenvalue weighted by Gasteiger charge is 2.30. The molecule has 1 saturated heterocycles. The number of ketones is 1. The number of hydrogen-bond acceptors (Lipinski definition) is 9. The average Bonchev–Trinajstić information content (AvgIpc) is 3.64. The van der Waals surface area contributed by atoms with E-state index in [-0.39, 0.29) is 24.0 Å². The predicted molar refractivity (Wildman–Crippen MR) is 175 cm³/mol. The van der Waals surface area contributed by atoms with Gasteiger partial charge in [0.15, 0.2) is 12.5 Å². The molecule has 3 aromatic rings. The SMILES string of the molecule is NCC1CCC(C(=O)C[C@@H](Cc2ccc(-c3ccnc(N4CCOCC4)c3)cc2)C(=O)Nc2ccc(C3=NCN=N3)cc2)CC1. The van der Waals surface area contributed by atoms with E-state index >= 15 is 0 Å². The van der Waals surface area contributed by atoms with Crippen LogP contribution in [0.25, 0.3) is 11.1 Å². The summed E-state index contributed by atoms with van der Waals surface area (Å²) < 4.78 is 5.49. The number of rotatable bonds is 11. The van der Waals surface area contributed by atoms with Crippen LogP contribution in [0.2, 0.25) is 0 Å². The number of morpholine rings is 1. The number of aliphatic imine (C=N–C) groups is 1. The number of carbonyl (C=O) groups is 2. The highest BCUT2D eigenvalue weighted by molar-refractivity contribution is 6.01. The van der Waals surface area contributed by atoms with E-state index in [0.717, 1.165) is 66.8 Å². The molecule has 3 heterocycles. The summed E-state index contributed by atoms with van der Waals surface area (Å²) in [6.45, 7) is 4.09. The Hall–Kier alpha value is -4.28. The number of aromatic nitrogens is 1. The Morgan fingerprint density at radius 1 is 0.933 bits per heavy atom. The number of ether oxygens (including phenoxy) is 1. The lowest BCUT2D eigenvalue weighted by Gasteiger charge is -2.28. The number of amides is 1. The smallest absolute Gasteiger partial charge is 0.228 e. The third-order valence-corrected chi connectivity index (χ3v) is 9.16. The number of pyridine rings is 1. The van der Waals surface area contributed by atoms with Gasteiger partial charge in [0.1, 0.15) is 11.6 Å². The van der Waals surface area contributed by atoms with Gasteiger partial charge in [-0.15, -0.1) is 5.11 Å². The topological polar surface area (TPSA) is 135 Å². The fourth-order valence-corrected chi connectivity index (χ4v) is 6.39. The van der Waals surface area contributed by atoms with Crippen LogP contribution in [0.4, 0.5) is 11.5 Å². The van der Waals surface area contributed by atoms with Crippen LogP contribution >= 0.6 is 0 Å². The van der Waals surface area contributed by atoms with E-state index in [1.165, 1.54) is 0 Å². The Bertz CT molecular complexity index is 1520. The van der Waals surface area contributed by atoms with Gasteiger partial charge in [0, 0.05) is 48.8 Å². The maximum atomic E-state index is 13.7.